The molecule has 10 nitrogen and oxygen atoms in total. The van der Waals surface area contributed by atoms with E-state index >= 15 is 0 Å². The van der Waals surface area contributed by atoms with Gasteiger partial charge in [0.2, 0.25) is 0 Å². The van der Waals surface area contributed by atoms with Crippen molar-refractivity contribution in [1.29, 1.82) is 0 Å². The van der Waals surface area contributed by atoms with E-state index in [0.717, 1.165) is 5.56 Å². The summed E-state index contributed by atoms with van der Waals surface area (Å²) in [5.74, 6) is -4.37. The van der Waals surface area contributed by atoms with Gasteiger partial charge >= 0.3 is 11.8 Å². The highest BCUT2D eigenvalue weighted by Gasteiger charge is 2.72. The number of aldehydes is 1. The number of para-hydroxylation sites is 1. The molecule has 0 radical (unpaired) electrons. The molecule has 2 aromatic carbocycles. The lowest BCUT2D eigenvalue weighted by molar-refractivity contribution is -0.245. The van der Waals surface area contributed by atoms with Crippen molar-refractivity contribution in [2.45, 2.75) is 54.3 Å². The number of ether oxygens (including phenoxy) is 3. The quantitative estimate of drug-likeness (QED) is 0.188. The van der Waals surface area contributed by atoms with Crippen LogP contribution in [0.15, 0.2) is 54.3 Å². The van der Waals surface area contributed by atoms with E-state index in [-0.39, 0.29) is 41.8 Å². The highest BCUT2D eigenvalue weighted by molar-refractivity contribution is 5.85. The SMILES string of the molecule is CN1CC[C@]23c4c5ccc(O)c4O[C@H]2C(O[C@@](O)(C(=O)Oc2ccccc2)[C@H](O)C=O)=CC[C@@]3(O)[C@H]1C5. The van der Waals surface area contributed by atoms with E-state index in [1.165, 1.54) is 24.3 Å². The van der Waals surface area contributed by atoms with Gasteiger partial charge in [-0.3, -0.25) is 0 Å². The zero-order valence-electron chi connectivity index (χ0n) is 20.0. The van der Waals surface area contributed by atoms with Gasteiger partial charge in [-0.25, -0.2) is 4.79 Å². The second-order valence-corrected chi connectivity index (χ2v) is 10.2. The number of aromatic hydroxyl groups is 1. The second-order valence-electron chi connectivity index (χ2n) is 10.2. The van der Waals surface area contributed by atoms with Gasteiger partial charge in [0, 0.05) is 18.0 Å². The van der Waals surface area contributed by atoms with Crippen molar-refractivity contribution in [2.75, 3.05) is 13.6 Å². The lowest BCUT2D eigenvalue weighted by Gasteiger charge is -2.61. The minimum Gasteiger partial charge on any atom is -0.504 e. The van der Waals surface area contributed by atoms with Crippen molar-refractivity contribution in [3.8, 4) is 17.2 Å². The minimum atomic E-state index is -3.10. The van der Waals surface area contributed by atoms with Gasteiger partial charge in [0.15, 0.2) is 30.0 Å². The van der Waals surface area contributed by atoms with Gasteiger partial charge in [0.1, 0.15) is 11.5 Å². The maximum Gasteiger partial charge on any atom is 0.388 e. The Morgan fingerprint density at radius 1 is 1.27 bits per heavy atom. The van der Waals surface area contributed by atoms with E-state index in [4.69, 9.17) is 14.2 Å². The molecule has 2 heterocycles. The van der Waals surface area contributed by atoms with Crippen LogP contribution in [0.5, 0.6) is 17.2 Å². The number of aliphatic hydroxyl groups is 3. The zero-order valence-corrected chi connectivity index (χ0v) is 20.0. The Bertz CT molecular complexity index is 1310. The Morgan fingerprint density at radius 2 is 2.03 bits per heavy atom. The lowest BCUT2D eigenvalue weighted by atomic mass is 9.50. The van der Waals surface area contributed by atoms with Crippen LogP contribution in [0.25, 0.3) is 0 Å². The summed E-state index contributed by atoms with van der Waals surface area (Å²) in [4.78, 5) is 26.7. The van der Waals surface area contributed by atoms with Gasteiger partial charge in [-0.15, -0.1) is 0 Å². The van der Waals surface area contributed by atoms with Crippen LogP contribution in [0.3, 0.4) is 0 Å². The first-order chi connectivity index (χ1) is 17.7. The van der Waals surface area contributed by atoms with E-state index in [1.54, 1.807) is 18.2 Å². The third-order valence-electron chi connectivity index (χ3n) is 8.40. The normalized spacial score (nSPS) is 31.7. The summed E-state index contributed by atoms with van der Waals surface area (Å²) in [6.07, 6.45) is -0.770. The molecule has 0 amide bonds. The van der Waals surface area contributed by atoms with E-state index in [0.29, 0.717) is 24.9 Å². The summed E-state index contributed by atoms with van der Waals surface area (Å²) in [5.41, 5.74) is -0.740. The number of benzene rings is 2. The number of nitrogens with zero attached hydrogens (tertiary/aromatic N) is 1. The molecule has 4 N–H and O–H groups in total. The van der Waals surface area contributed by atoms with Gasteiger partial charge in [0.05, 0.1) is 11.0 Å². The Balaban J connectivity index is 1.43. The monoisotopic (exact) mass is 509 g/mol. The van der Waals surface area contributed by atoms with Crippen LogP contribution in [0, 0.1) is 0 Å². The summed E-state index contributed by atoms with van der Waals surface area (Å²) in [7, 11) is 1.95. The van der Waals surface area contributed by atoms with E-state index in [1.807, 2.05) is 13.1 Å². The first-order valence-electron chi connectivity index (χ1n) is 12.1. The average Bonchev–Trinajstić information content (AvgIpc) is 3.25. The molecule has 2 aliphatic carbocycles. The highest BCUT2D eigenvalue weighted by atomic mass is 16.7. The molecule has 2 bridgehead atoms. The van der Waals surface area contributed by atoms with Crippen molar-refractivity contribution in [2.24, 2.45) is 0 Å². The number of phenols is 1. The Hall–Kier alpha value is -3.44. The van der Waals surface area contributed by atoms with Crippen molar-refractivity contribution >= 4 is 12.3 Å². The predicted molar refractivity (Wildman–Crippen MR) is 127 cm³/mol. The van der Waals surface area contributed by atoms with Crippen molar-refractivity contribution in [3.63, 3.8) is 0 Å². The standard InChI is InChI=1S/C27H27NO9/c1-28-12-11-25-21-15-7-8-17(30)22(21)36-23(25)18(9-10-26(25,33)19(28)13-15)37-27(34,20(31)14-29)24(32)35-16-5-3-2-4-6-16/h2-9,14,19-20,23,30-31,33-34H,10-13H2,1H3/t19-,20-,23+,25+,26-,27-/m1/s1. The molecule has 0 saturated carbocycles. The molecule has 37 heavy (non-hydrogen) atoms. The molecule has 1 saturated heterocycles. The Labute approximate surface area is 212 Å². The number of carbonyl (C=O) groups excluding carboxylic acids is 2. The number of rotatable bonds is 6. The fourth-order valence-corrected chi connectivity index (χ4v) is 6.60. The largest absolute Gasteiger partial charge is 0.504 e. The van der Waals surface area contributed by atoms with Crippen LogP contribution in [0.4, 0.5) is 0 Å². The first-order valence-corrected chi connectivity index (χ1v) is 12.1. The predicted octanol–water partition coefficient (Wildman–Crippen LogP) is 0.540. The molecule has 1 fully saturated rings. The van der Waals surface area contributed by atoms with Gasteiger partial charge in [-0.1, -0.05) is 24.3 Å². The van der Waals surface area contributed by atoms with Gasteiger partial charge in [-0.2, -0.15) is 0 Å². The summed E-state index contributed by atoms with van der Waals surface area (Å²) >= 11 is 0. The molecule has 194 valence electrons. The van der Waals surface area contributed by atoms with E-state index in [2.05, 4.69) is 4.90 Å². The smallest absolute Gasteiger partial charge is 0.388 e. The summed E-state index contributed by atoms with van der Waals surface area (Å²) < 4.78 is 17.2. The van der Waals surface area contributed by atoms with E-state index < -0.39 is 35.0 Å². The molecule has 2 aromatic rings. The molecule has 0 unspecified atom stereocenters. The number of piperidine rings is 1. The molecular formula is C27H27NO9. The van der Waals surface area contributed by atoms with Gasteiger partial charge < -0.3 is 44.3 Å². The summed E-state index contributed by atoms with van der Waals surface area (Å²) in [5, 5.41) is 44.4. The average molecular weight is 510 g/mol. The number of likely N-dealkylation sites (tertiary alicyclic amines) is 1. The number of aliphatic hydroxyl groups excluding tert-OH is 1. The van der Waals surface area contributed by atoms with Crippen molar-refractivity contribution < 1.29 is 44.2 Å². The van der Waals surface area contributed by atoms with Crippen LogP contribution >= 0.6 is 0 Å². The molecule has 4 aliphatic rings. The number of esters is 1. The van der Waals surface area contributed by atoms with Gasteiger partial charge in [-0.05, 0) is 56.3 Å². The number of hydrogen-bond donors (Lipinski definition) is 4. The summed E-state index contributed by atoms with van der Waals surface area (Å²) in [6, 6.07) is 10.9. The van der Waals surface area contributed by atoms with E-state index in [9.17, 15) is 30.0 Å². The molecule has 0 aromatic heterocycles. The zero-order chi connectivity index (χ0) is 26.2. The molecule has 10 heteroatoms. The molecule has 1 spiro atoms. The number of likely N-dealkylation sites (N-methyl/N-ethyl adjacent to an activating group) is 1. The Morgan fingerprint density at radius 3 is 2.76 bits per heavy atom. The molecule has 2 aliphatic heterocycles. The molecular weight excluding hydrogens is 482 g/mol. The van der Waals surface area contributed by atoms with Crippen LogP contribution in [0.1, 0.15) is 24.0 Å². The minimum absolute atomic E-state index is 0.0232. The lowest BCUT2D eigenvalue weighted by Crippen LogP contribution is -2.74. The van der Waals surface area contributed by atoms with Crippen LogP contribution < -0.4 is 9.47 Å². The number of carbonyl (C=O) groups is 2. The summed E-state index contributed by atoms with van der Waals surface area (Å²) in [6.45, 7) is 0.617. The highest BCUT2D eigenvalue weighted by Crippen LogP contribution is 2.65. The number of hydrogen-bond acceptors (Lipinski definition) is 10. The fourth-order valence-electron chi connectivity index (χ4n) is 6.60. The first kappa shape index (κ1) is 23.9. The third kappa shape index (κ3) is 3.07. The second kappa shape index (κ2) is 8.03. The van der Waals surface area contributed by atoms with Crippen LogP contribution in [-0.2, 0) is 26.2 Å². The fraction of sp³-hybridized carbons (Fsp3) is 0.407. The molecule has 6 rings (SSSR count). The van der Waals surface area contributed by atoms with Crippen LogP contribution in [-0.4, -0.2) is 80.8 Å². The Kier molecular flexibility index (Phi) is 5.19. The maximum absolute atomic E-state index is 13.0. The van der Waals surface area contributed by atoms with Crippen molar-refractivity contribution in [1.82, 2.24) is 4.90 Å². The van der Waals surface area contributed by atoms with Gasteiger partial charge in [0.25, 0.3) is 0 Å². The van der Waals surface area contributed by atoms with Crippen LogP contribution in [0.2, 0.25) is 0 Å². The number of phenolic OH excluding ortho intramolecular Hbond substituents is 1. The maximum atomic E-state index is 13.0. The molecule has 6 atom stereocenters. The topological polar surface area (TPSA) is 146 Å². The van der Waals surface area contributed by atoms with Crippen molar-refractivity contribution in [3.05, 3.63) is 65.4 Å². The third-order valence-corrected chi connectivity index (χ3v) is 8.40.